The molecule has 0 saturated carbocycles. The highest BCUT2D eigenvalue weighted by atomic mass is 35.5. The van der Waals surface area contributed by atoms with E-state index in [9.17, 15) is 9.90 Å². The first-order valence-electron chi connectivity index (χ1n) is 7.98. The summed E-state index contributed by atoms with van der Waals surface area (Å²) in [4.78, 5) is 13.8. The van der Waals surface area contributed by atoms with E-state index in [4.69, 9.17) is 25.8 Å². The Morgan fingerprint density at radius 3 is 2.62 bits per heavy atom. The van der Waals surface area contributed by atoms with Gasteiger partial charge in [0.1, 0.15) is 11.8 Å². The van der Waals surface area contributed by atoms with E-state index in [0.717, 1.165) is 12.8 Å². The van der Waals surface area contributed by atoms with E-state index >= 15 is 0 Å². The fraction of sp³-hybridized carbons (Fsp3) is 0.588. The molecule has 0 spiro atoms. The van der Waals surface area contributed by atoms with Gasteiger partial charge in [0.05, 0.1) is 26.4 Å². The lowest BCUT2D eigenvalue weighted by atomic mass is 9.99. The third-order valence-corrected chi connectivity index (χ3v) is 4.55. The van der Waals surface area contributed by atoms with E-state index in [1.165, 1.54) is 7.11 Å². The zero-order valence-corrected chi connectivity index (χ0v) is 14.8. The Hall–Kier alpha value is -1.34. The van der Waals surface area contributed by atoms with Gasteiger partial charge in [-0.25, -0.2) is 0 Å². The van der Waals surface area contributed by atoms with Crippen LogP contribution in [0.4, 0.5) is 0 Å². The highest BCUT2D eigenvalue weighted by molar-refractivity contribution is 6.31. The van der Waals surface area contributed by atoms with Crippen molar-refractivity contribution in [3.05, 3.63) is 28.8 Å². The molecule has 1 aromatic rings. The van der Waals surface area contributed by atoms with Crippen LogP contribution >= 0.6 is 11.6 Å². The second-order valence-electron chi connectivity index (χ2n) is 5.70. The van der Waals surface area contributed by atoms with Crippen molar-refractivity contribution in [3.63, 3.8) is 0 Å². The first-order valence-corrected chi connectivity index (χ1v) is 8.36. The van der Waals surface area contributed by atoms with Crippen LogP contribution in [-0.4, -0.2) is 62.6 Å². The molecular formula is C17H24ClNO5. The van der Waals surface area contributed by atoms with E-state index in [2.05, 4.69) is 0 Å². The van der Waals surface area contributed by atoms with Crippen LogP contribution < -0.4 is 4.74 Å². The summed E-state index contributed by atoms with van der Waals surface area (Å²) in [5.74, 6) is -0.437. The minimum atomic E-state index is -0.930. The molecule has 24 heavy (non-hydrogen) atoms. The minimum absolute atomic E-state index is 0.138. The van der Waals surface area contributed by atoms with Gasteiger partial charge in [-0.3, -0.25) is 9.69 Å². The summed E-state index contributed by atoms with van der Waals surface area (Å²) >= 11 is 6.27. The number of hydrogen-bond donors (Lipinski definition) is 1. The fourth-order valence-electron chi connectivity index (χ4n) is 3.02. The maximum atomic E-state index is 11.9. The Morgan fingerprint density at radius 2 is 2.04 bits per heavy atom. The number of hydrogen-bond acceptors (Lipinski definition) is 5. The summed E-state index contributed by atoms with van der Waals surface area (Å²) in [6, 6.07) is 4.35. The molecule has 0 aliphatic carbocycles. The van der Waals surface area contributed by atoms with Gasteiger partial charge in [0.25, 0.3) is 0 Å². The largest absolute Gasteiger partial charge is 0.496 e. The molecule has 1 fully saturated rings. The second-order valence-corrected chi connectivity index (χ2v) is 6.10. The van der Waals surface area contributed by atoms with Gasteiger partial charge >= 0.3 is 5.97 Å². The van der Waals surface area contributed by atoms with Crippen molar-refractivity contribution in [1.29, 1.82) is 0 Å². The van der Waals surface area contributed by atoms with Crippen LogP contribution in [0.25, 0.3) is 0 Å². The Kier molecular flexibility index (Phi) is 7.30. The molecule has 6 nitrogen and oxygen atoms in total. The van der Waals surface area contributed by atoms with Crippen molar-refractivity contribution in [1.82, 2.24) is 4.90 Å². The first-order chi connectivity index (χ1) is 11.6. The number of aliphatic carboxylic acids is 1. The van der Waals surface area contributed by atoms with E-state index in [0.29, 0.717) is 42.6 Å². The maximum absolute atomic E-state index is 11.9. The van der Waals surface area contributed by atoms with Crippen LogP contribution in [0.15, 0.2) is 18.2 Å². The summed E-state index contributed by atoms with van der Waals surface area (Å²) in [5.41, 5.74) is 0.507. The SMILES string of the molecule is COCCOC1CCN([C@@H](C(=O)O)c2c(Cl)cccc2OC)CC1. The van der Waals surface area contributed by atoms with Crippen molar-refractivity contribution in [2.75, 3.05) is 40.5 Å². The quantitative estimate of drug-likeness (QED) is 0.721. The molecule has 0 unspecified atom stereocenters. The minimum Gasteiger partial charge on any atom is -0.496 e. The van der Waals surface area contributed by atoms with Gasteiger partial charge in [0.15, 0.2) is 0 Å². The van der Waals surface area contributed by atoms with Crippen LogP contribution in [0.3, 0.4) is 0 Å². The van der Waals surface area contributed by atoms with Gasteiger partial charge in [0, 0.05) is 30.8 Å². The summed E-state index contributed by atoms with van der Waals surface area (Å²) in [6.45, 7) is 2.38. The molecule has 0 aromatic heterocycles. The number of benzene rings is 1. The van der Waals surface area contributed by atoms with Gasteiger partial charge in [-0.1, -0.05) is 17.7 Å². The Balaban J connectivity index is 2.09. The fourth-order valence-corrected chi connectivity index (χ4v) is 3.29. The van der Waals surface area contributed by atoms with Crippen LogP contribution in [0.1, 0.15) is 24.4 Å². The van der Waals surface area contributed by atoms with Crippen LogP contribution in [0.5, 0.6) is 5.75 Å². The third kappa shape index (κ3) is 4.60. The number of methoxy groups -OCH3 is 2. The number of halogens is 1. The molecule has 134 valence electrons. The molecular weight excluding hydrogens is 334 g/mol. The lowest BCUT2D eigenvalue weighted by Crippen LogP contribution is -2.42. The molecule has 1 atom stereocenters. The normalized spacial score (nSPS) is 17.6. The van der Waals surface area contributed by atoms with Gasteiger partial charge in [-0.2, -0.15) is 0 Å². The molecule has 1 aromatic carbocycles. The van der Waals surface area contributed by atoms with E-state index < -0.39 is 12.0 Å². The molecule has 0 bridgehead atoms. The van der Waals surface area contributed by atoms with E-state index in [1.54, 1.807) is 25.3 Å². The Bertz CT molecular complexity index is 546. The maximum Gasteiger partial charge on any atom is 0.325 e. The first kappa shape index (κ1) is 19.0. The molecule has 1 N–H and O–H groups in total. The van der Waals surface area contributed by atoms with Gasteiger partial charge in [-0.15, -0.1) is 0 Å². The number of ether oxygens (including phenoxy) is 3. The highest BCUT2D eigenvalue weighted by Gasteiger charge is 2.34. The van der Waals surface area contributed by atoms with E-state index in [-0.39, 0.29) is 6.10 Å². The Labute approximate surface area is 147 Å². The number of carboxylic acids is 1. The summed E-state index contributed by atoms with van der Waals surface area (Å²) in [5, 5.41) is 10.2. The number of nitrogens with zero attached hydrogens (tertiary/aromatic N) is 1. The van der Waals surface area contributed by atoms with Crippen molar-refractivity contribution < 1.29 is 24.1 Å². The highest BCUT2D eigenvalue weighted by Crippen LogP contribution is 2.37. The molecule has 1 saturated heterocycles. The molecule has 1 aliphatic rings. The zero-order valence-electron chi connectivity index (χ0n) is 14.0. The summed E-state index contributed by atoms with van der Waals surface area (Å²) in [6.07, 6.45) is 1.69. The predicted octanol–water partition coefficient (Wildman–Crippen LogP) is 2.60. The van der Waals surface area contributed by atoms with Crippen LogP contribution in [0.2, 0.25) is 5.02 Å². The van der Waals surface area contributed by atoms with Gasteiger partial charge in [0.2, 0.25) is 0 Å². The van der Waals surface area contributed by atoms with E-state index in [1.807, 2.05) is 4.90 Å². The number of likely N-dealkylation sites (tertiary alicyclic amines) is 1. The topological polar surface area (TPSA) is 68.2 Å². The lowest BCUT2D eigenvalue weighted by Gasteiger charge is -2.36. The third-order valence-electron chi connectivity index (χ3n) is 4.22. The van der Waals surface area contributed by atoms with Crippen molar-refractivity contribution in [2.45, 2.75) is 25.0 Å². The second kappa shape index (κ2) is 9.22. The van der Waals surface area contributed by atoms with Gasteiger partial charge in [-0.05, 0) is 25.0 Å². The average molecular weight is 358 g/mol. The van der Waals surface area contributed by atoms with Crippen LogP contribution in [0, 0.1) is 0 Å². The molecule has 0 amide bonds. The Morgan fingerprint density at radius 1 is 1.33 bits per heavy atom. The predicted molar refractivity (Wildman–Crippen MR) is 90.8 cm³/mol. The molecule has 1 aliphatic heterocycles. The molecule has 0 radical (unpaired) electrons. The standard InChI is InChI=1S/C17H24ClNO5/c1-22-10-11-24-12-6-8-19(9-7-12)16(17(20)21)15-13(18)4-3-5-14(15)23-2/h3-5,12,16H,6-11H2,1-2H3,(H,20,21)/t16-/m1/s1. The van der Waals surface area contributed by atoms with Crippen molar-refractivity contribution in [2.24, 2.45) is 0 Å². The molecule has 2 rings (SSSR count). The molecule has 7 heteroatoms. The lowest BCUT2D eigenvalue weighted by molar-refractivity contribution is -0.145. The number of piperidine rings is 1. The van der Waals surface area contributed by atoms with Crippen LogP contribution in [-0.2, 0) is 14.3 Å². The van der Waals surface area contributed by atoms with Crippen molar-refractivity contribution >= 4 is 17.6 Å². The van der Waals surface area contributed by atoms with Crippen molar-refractivity contribution in [3.8, 4) is 5.75 Å². The number of carboxylic acid groups (broad SMARTS) is 1. The average Bonchev–Trinajstić information content (AvgIpc) is 2.58. The number of rotatable bonds is 8. The smallest absolute Gasteiger partial charge is 0.325 e. The molecule has 1 heterocycles. The number of carbonyl (C=O) groups is 1. The zero-order chi connectivity index (χ0) is 17.5. The summed E-state index contributed by atoms with van der Waals surface area (Å²) < 4.78 is 16.0. The van der Waals surface area contributed by atoms with Gasteiger partial charge < -0.3 is 19.3 Å². The monoisotopic (exact) mass is 357 g/mol. The summed E-state index contributed by atoms with van der Waals surface area (Å²) in [7, 11) is 3.16.